The van der Waals surface area contributed by atoms with Crippen LogP contribution in [-0.4, -0.2) is 57.5 Å². The van der Waals surface area contributed by atoms with Crippen molar-refractivity contribution in [1.82, 2.24) is 10.2 Å². The fourth-order valence-electron chi connectivity index (χ4n) is 2.04. The lowest BCUT2D eigenvalue weighted by molar-refractivity contribution is 0.0752. The van der Waals surface area contributed by atoms with E-state index in [9.17, 15) is 4.79 Å². The van der Waals surface area contributed by atoms with E-state index in [2.05, 4.69) is 5.32 Å². The van der Waals surface area contributed by atoms with Crippen molar-refractivity contribution in [2.75, 3.05) is 46.6 Å². The topological polar surface area (TPSA) is 50.8 Å². The summed E-state index contributed by atoms with van der Waals surface area (Å²) >= 11 is 0. The highest BCUT2D eigenvalue weighted by Crippen LogP contribution is 2.16. The summed E-state index contributed by atoms with van der Waals surface area (Å²) in [5.41, 5.74) is 0. The van der Waals surface area contributed by atoms with Crippen molar-refractivity contribution in [3.8, 4) is 0 Å². The lowest BCUT2D eigenvalue weighted by Gasteiger charge is -2.32. The second kappa shape index (κ2) is 8.31. The molecular weight excluding hydrogens is 220 g/mol. The lowest BCUT2D eigenvalue weighted by atomic mass is 9.99. The summed E-state index contributed by atoms with van der Waals surface area (Å²) in [5, 5.41) is 2.85. The molecule has 1 N–H and O–H groups in total. The molecule has 1 aliphatic heterocycles. The van der Waals surface area contributed by atoms with Crippen LogP contribution >= 0.6 is 0 Å². The maximum atomic E-state index is 11.8. The largest absolute Gasteiger partial charge is 0.383 e. The van der Waals surface area contributed by atoms with Gasteiger partial charge in [0.1, 0.15) is 0 Å². The number of urea groups is 1. The summed E-state index contributed by atoms with van der Waals surface area (Å²) in [7, 11) is 1.63. The Kier molecular flexibility index (Phi) is 6.96. The molecule has 0 radical (unpaired) electrons. The standard InChI is InChI=1S/C12H24N2O3/c1-3-17-10-11-5-4-7-14(9-11)12(15)13-6-8-16-2/h11H,3-10H2,1-2H3,(H,13,15)/t11-/m1/s1. The number of ether oxygens (including phenoxy) is 2. The molecule has 17 heavy (non-hydrogen) atoms. The molecule has 2 amide bonds. The van der Waals surface area contributed by atoms with E-state index in [0.29, 0.717) is 19.1 Å². The van der Waals surface area contributed by atoms with Crippen molar-refractivity contribution in [3.63, 3.8) is 0 Å². The molecule has 1 aliphatic rings. The number of hydrogen-bond acceptors (Lipinski definition) is 3. The van der Waals surface area contributed by atoms with Gasteiger partial charge in [-0.25, -0.2) is 4.79 Å². The van der Waals surface area contributed by atoms with Gasteiger partial charge in [0.05, 0.1) is 13.2 Å². The van der Waals surface area contributed by atoms with Gasteiger partial charge < -0.3 is 19.7 Å². The highest BCUT2D eigenvalue weighted by Gasteiger charge is 2.23. The first-order chi connectivity index (χ1) is 8.27. The first kappa shape index (κ1) is 14.3. The van der Waals surface area contributed by atoms with Crippen LogP contribution in [0.4, 0.5) is 4.79 Å². The van der Waals surface area contributed by atoms with E-state index < -0.39 is 0 Å². The summed E-state index contributed by atoms with van der Waals surface area (Å²) in [6.45, 7) is 6.29. The second-order valence-corrected chi connectivity index (χ2v) is 4.34. The van der Waals surface area contributed by atoms with E-state index in [1.165, 1.54) is 0 Å². The summed E-state index contributed by atoms with van der Waals surface area (Å²) in [6.07, 6.45) is 2.22. The van der Waals surface area contributed by atoms with Gasteiger partial charge in [0.15, 0.2) is 0 Å². The average molecular weight is 244 g/mol. The van der Waals surface area contributed by atoms with Crippen molar-refractivity contribution in [2.24, 2.45) is 5.92 Å². The highest BCUT2D eigenvalue weighted by atomic mass is 16.5. The van der Waals surface area contributed by atoms with Crippen LogP contribution in [0.25, 0.3) is 0 Å². The van der Waals surface area contributed by atoms with E-state index in [-0.39, 0.29) is 6.03 Å². The molecule has 5 nitrogen and oxygen atoms in total. The van der Waals surface area contributed by atoms with Crippen LogP contribution in [0.5, 0.6) is 0 Å². The molecule has 0 aromatic carbocycles. The van der Waals surface area contributed by atoms with Crippen molar-refractivity contribution >= 4 is 6.03 Å². The van der Waals surface area contributed by atoms with Crippen molar-refractivity contribution in [1.29, 1.82) is 0 Å². The number of carbonyl (C=O) groups is 1. The maximum Gasteiger partial charge on any atom is 0.317 e. The van der Waals surface area contributed by atoms with Gasteiger partial charge in [-0.1, -0.05) is 0 Å². The molecule has 0 spiro atoms. The molecular formula is C12H24N2O3. The minimum atomic E-state index is 0.0169. The SMILES string of the molecule is CCOC[C@@H]1CCCN(C(=O)NCCOC)C1. The van der Waals surface area contributed by atoms with Crippen LogP contribution in [0.2, 0.25) is 0 Å². The third kappa shape index (κ3) is 5.37. The Morgan fingerprint density at radius 3 is 3.06 bits per heavy atom. The van der Waals surface area contributed by atoms with Crippen LogP contribution in [-0.2, 0) is 9.47 Å². The maximum absolute atomic E-state index is 11.8. The Morgan fingerprint density at radius 2 is 2.35 bits per heavy atom. The Bertz CT molecular complexity index is 224. The van der Waals surface area contributed by atoms with Crippen LogP contribution < -0.4 is 5.32 Å². The fraction of sp³-hybridized carbons (Fsp3) is 0.917. The number of carbonyl (C=O) groups excluding carboxylic acids is 1. The average Bonchev–Trinajstić information content (AvgIpc) is 2.37. The van der Waals surface area contributed by atoms with Gasteiger partial charge in [-0.3, -0.25) is 0 Å². The van der Waals surface area contributed by atoms with Gasteiger partial charge in [0.2, 0.25) is 0 Å². The smallest absolute Gasteiger partial charge is 0.317 e. The van der Waals surface area contributed by atoms with E-state index in [0.717, 1.165) is 39.1 Å². The van der Waals surface area contributed by atoms with E-state index in [1.54, 1.807) is 7.11 Å². The lowest BCUT2D eigenvalue weighted by Crippen LogP contribution is -2.47. The number of methoxy groups -OCH3 is 1. The minimum absolute atomic E-state index is 0.0169. The molecule has 0 aromatic rings. The Hall–Kier alpha value is -0.810. The molecule has 1 saturated heterocycles. The Balaban J connectivity index is 2.25. The molecule has 5 heteroatoms. The normalized spacial score (nSPS) is 20.4. The van der Waals surface area contributed by atoms with Crippen molar-refractivity contribution in [3.05, 3.63) is 0 Å². The number of nitrogens with one attached hydrogen (secondary N) is 1. The molecule has 1 heterocycles. The zero-order valence-corrected chi connectivity index (χ0v) is 10.9. The number of rotatable bonds is 6. The molecule has 1 rings (SSSR count). The summed E-state index contributed by atoms with van der Waals surface area (Å²) in [5.74, 6) is 0.483. The second-order valence-electron chi connectivity index (χ2n) is 4.34. The zero-order chi connectivity index (χ0) is 12.5. The van der Waals surface area contributed by atoms with Crippen molar-refractivity contribution < 1.29 is 14.3 Å². The quantitative estimate of drug-likeness (QED) is 0.712. The molecule has 0 bridgehead atoms. The van der Waals surface area contributed by atoms with Crippen LogP contribution in [0, 0.1) is 5.92 Å². The first-order valence-corrected chi connectivity index (χ1v) is 6.37. The number of piperidine rings is 1. The Morgan fingerprint density at radius 1 is 1.53 bits per heavy atom. The Labute approximate surface area is 103 Å². The number of nitrogens with zero attached hydrogens (tertiary/aromatic N) is 1. The van der Waals surface area contributed by atoms with E-state index >= 15 is 0 Å². The predicted octanol–water partition coefficient (Wildman–Crippen LogP) is 1.09. The molecule has 1 fully saturated rings. The van der Waals surface area contributed by atoms with Crippen LogP contribution in [0.1, 0.15) is 19.8 Å². The summed E-state index contributed by atoms with van der Waals surface area (Å²) < 4.78 is 10.3. The number of amides is 2. The fourth-order valence-corrected chi connectivity index (χ4v) is 2.04. The van der Waals surface area contributed by atoms with Crippen molar-refractivity contribution in [2.45, 2.75) is 19.8 Å². The molecule has 0 aliphatic carbocycles. The molecule has 0 saturated carbocycles. The minimum Gasteiger partial charge on any atom is -0.383 e. The van der Waals surface area contributed by atoms with Gasteiger partial charge in [0, 0.05) is 39.3 Å². The van der Waals surface area contributed by atoms with E-state index in [1.807, 2.05) is 11.8 Å². The van der Waals surface area contributed by atoms with E-state index in [4.69, 9.17) is 9.47 Å². The zero-order valence-electron chi connectivity index (χ0n) is 10.9. The predicted molar refractivity (Wildman–Crippen MR) is 66.1 cm³/mol. The highest BCUT2D eigenvalue weighted by molar-refractivity contribution is 5.74. The van der Waals surface area contributed by atoms with Gasteiger partial charge in [0.25, 0.3) is 0 Å². The molecule has 0 unspecified atom stereocenters. The van der Waals surface area contributed by atoms with Crippen LogP contribution in [0.3, 0.4) is 0 Å². The molecule has 0 aromatic heterocycles. The summed E-state index contributed by atoms with van der Waals surface area (Å²) in [4.78, 5) is 13.7. The van der Waals surface area contributed by atoms with Gasteiger partial charge in [-0.05, 0) is 19.8 Å². The van der Waals surface area contributed by atoms with Gasteiger partial charge >= 0.3 is 6.03 Å². The van der Waals surface area contributed by atoms with Gasteiger partial charge in [-0.2, -0.15) is 0 Å². The molecule has 1 atom stereocenters. The van der Waals surface area contributed by atoms with Crippen LogP contribution in [0.15, 0.2) is 0 Å². The monoisotopic (exact) mass is 244 g/mol. The number of hydrogen-bond donors (Lipinski definition) is 1. The van der Waals surface area contributed by atoms with Gasteiger partial charge in [-0.15, -0.1) is 0 Å². The third-order valence-electron chi connectivity index (χ3n) is 2.95. The third-order valence-corrected chi connectivity index (χ3v) is 2.95. The first-order valence-electron chi connectivity index (χ1n) is 6.37. The molecule has 100 valence electrons. The number of likely N-dealkylation sites (tertiary alicyclic amines) is 1. The summed E-state index contributed by atoms with van der Waals surface area (Å²) in [6, 6.07) is 0.0169.